The largest absolute Gasteiger partial charge is 0.437 e. The van der Waals surface area contributed by atoms with E-state index >= 15 is 0 Å². The van der Waals surface area contributed by atoms with Gasteiger partial charge >= 0.3 is 7.05 Å². The number of nitrogen functional groups attached to an aromatic ring is 1. The second-order valence-electron chi connectivity index (χ2n) is 11.5. The summed E-state index contributed by atoms with van der Waals surface area (Å²) in [4.78, 5) is 14.3. The van der Waals surface area contributed by atoms with Crippen molar-refractivity contribution in [3.05, 3.63) is 65.2 Å². The van der Waals surface area contributed by atoms with Crippen molar-refractivity contribution in [2.45, 2.75) is 82.1 Å². The molecular formula is C32H44BN5O2. The number of nitrogens with one attached hydrogen (secondary N) is 1. The minimum absolute atomic E-state index is 0.252. The summed E-state index contributed by atoms with van der Waals surface area (Å²) < 4.78 is 0. The Labute approximate surface area is 240 Å². The van der Waals surface area contributed by atoms with Crippen LogP contribution in [0.25, 0.3) is 0 Å². The Morgan fingerprint density at radius 3 is 2.15 bits per heavy atom. The number of benzene rings is 2. The Bertz CT molecular complexity index is 1140. The third-order valence-electron chi connectivity index (χ3n) is 8.51. The van der Waals surface area contributed by atoms with Gasteiger partial charge in [0.2, 0.25) is 0 Å². The van der Waals surface area contributed by atoms with Crippen LogP contribution >= 0.6 is 0 Å². The fraction of sp³-hybridized carbons (Fsp3) is 0.531. The lowest BCUT2D eigenvalue weighted by atomic mass is 9.79. The molecule has 40 heavy (non-hydrogen) atoms. The topological polar surface area (TPSA) is 103 Å². The third-order valence-corrected chi connectivity index (χ3v) is 8.51. The summed E-state index contributed by atoms with van der Waals surface area (Å²) >= 11 is 0. The SMILES string of the molecule is C#CCCC1(CCC(=O)Cc2ccc(C3CCNCC3)cc2)N=N1.CB(O)N1CCC(c2ccc(N)cc2)CC1. The van der Waals surface area contributed by atoms with Crippen molar-refractivity contribution in [1.82, 2.24) is 10.1 Å². The number of ketones is 1. The minimum Gasteiger partial charge on any atom is -0.437 e. The fourth-order valence-corrected chi connectivity index (χ4v) is 5.76. The van der Waals surface area contributed by atoms with E-state index < -0.39 is 0 Å². The minimum atomic E-state index is -0.346. The van der Waals surface area contributed by atoms with Gasteiger partial charge in [-0.25, -0.2) is 0 Å². The highest BCUT2D eigenvalue weighted by atomic mass is 16.2. The molecule has 7 nitrogen and oxygen atoms in total. The number of hydrogen-bond acceptors (Lipinski definition) is 7. The van der Waals surface area contributed by atoms with Crippen LogP contribution in [0.2, 0.25) is 6.82 Å². The van der Waals surface area contributed by atoms with Crippen LogP contribution in [0, 0.1) is 12.3 Å². The highest BCUT2D eigenvalue weighted by Gasteiger charge is 2.39. The van der Waals surface area contributed by atoms with E-state index in [4.69, 9.17) is 12.2 Å². The standard InChI is InChI=1S/C20H25N3O.C12H19BN2O/c1-2-3-11-20(22-23-20)12-8-19(24)15-16-4-6-17(7-5-16)18-9-13-21-14-10-18;1-13(16)15-8-6-11(7-9-15)10-2-4-12(14)5-3-10/h1,4-7,18,21H,3,8-15H2;2-5,11,16H,6-9,14H2,1H3. The van der Waals surface area contributed by atoms with Crippen LogP contribution in [0.5, 0.6) is 0 Å². The van der Waals surface area contributed by atoms with Crippen molar-refractivity contribution >= 4 is 18.5 Å². The predicted octanol–water partition coefficient (Wildman–Crippen LogP) is 5.18. The normalized spacial score (nSPS) is 18.8. The first-order valence-electron chi connectivity index (χ1n) is 14.8. The molecule has 2 saturated heterocycles. The van der Waals surface area contributed by atoms with E-state index in [1.165, 1.54) is 24.0 Å². The Kier molecular flexibility index (Phi) is 10.9. The second-order valence-corrected chi connectivity index (χ2v) is 11.5. The van der Waals surface area contributed by atoms with E-state index in [9.17, 15) is 9.82 Å². The monoisotopic (exact) mass is 541 g/mol. The highest BCUT2D eigenvalue weighted by Crippen LogP contribution is 2.37. The molecule has 2 aromatic rings. The molecule has 0 saturated carbocycles. The van der Waals surface area contributed by atoms with E-state index in [1.54, 1.807) is 0 Å². The number of rotatable bonds is 10. The molecule has 2 aromatic carbocycles. The van der Waals surface area contributed by atoms with Crippen LogP contribution in [0.4, 0.5) is 5.69 Å². The van der Waals surface area contributed by atoms with Gasteiger partial charge in [0.15, 0.2) is 5.66 Å². The lowest BCUT2D eigenvalue weighted by molar-refractivity contribution is -0.118. The number of nitrogens with zero attached hydrogens (tertiary/aromatic N) is 3. The summed E-state index contributed by atoms with van der Waals surface area (Å²) in [5.41, 5.74) is 10.0. The molecule has 0 bridgehead atoms. The molecule has 5 rings (SSSR count). The molecule has 8 heteroatoms. The van der Waals surface area contributed by atoms with Crippen molar-refractivity contribution in [3.63, 3.8) is 0 Å². The van der Waals surface area contributed by atoms with Crippen LogP contribution in [-0.4, -0.2) is 54.5 Å². The zero-order valence-corrected chi connectivity index (χ0v) is 23.9. The Hall–Kier alpha value is -2.99. The molecule has 0 aliphatic carbocycles. The van der Waals surface area contributed by atoms with Crippen molar-refractivity contribution in [3.8, 4) is 12.3 Å². The number of terminal acetylenes is 1. The van der Waals surface area contributed by atoms with E-state index in [2.05, 4.69) is 62.7 Å². The average Bonchev–Trinajstić information content (AvgIpc) is 3.77. The summed E-state index contributed by atoms with van der Waals surface area (Å²) in [5, 5.41) is 21.0. The Balaban J connectivity index is 0.000000201. The van der Waals surface area contributed by atoms with Crippen molar-refractivity contribution < 1.29 is 9.82 Å². The molecule has 3 heterocycles. The van der Waals surface area contributed by atoms with Gasteiger partial charge in [-0.3, -0.25) is 4.79 Å². The lowest BCUT2D eigenvalue weighted by Gasteiger charge is -2.32. The number of anilines is 1. The summed E-state index contributed by atoms with van der Waals surface area (Å²) in [6, 6.07) is 16.8. The molecule has 212 valence electrons. The molecule has 2 fully saturated rings. The van der Waals surface area contributed by atoms with Crippen LogP contribution < -0.4 is 11.1 Å². The van der Waals surface area contributed by atoms with E-state index in [1.807, 2.05) is 19.0 Å². The number of carbonyl (C=O) groups excluding carboxylic acids is 1. The van der Waals surface area contributed by atoms with Crippen LogP contribution in [0.15, 0.2) is 58.8 Å². The van der Waals surface area contributed by atoms with Gasteiger partial charge in [-0.1, -0.05) is 36.4 Å². The van der Waals surface area contributed by atoms with Crippen LogP contribution in [0.3, 0.4) is 0 Å². The number of carbonyl (C=O) groups is 1. The Morgan fingerprint density at radius 2 is 1.60 bits per heavy atom. The molecule has 4 N–H and O–H groups in total. The number of piperidine rings is 2. The van der Waals surface area contributed by atoms with E-state index in [-0.39, 0.29) is 18.5 Å². The molecule has 0 unspecified atom stereocenters. The molecule has 0 aromatic heterocycles. The molecule has 0 spiro atoms. The van der Waals surface area contributed by atoms with Gasteiger partial charge < -0.3 is 20.9 Å². The van der Waals surface area contributed by atoms with E-state index in [0.29, 0.717) is 37.5 Å². The van der Waals surface area contributed by atoms with Gasteiger partial charge in [0.05, 0.1) is 0 Å². The zero-order chi connectivity index (χ0) is 28.4. The van der Waals surface area contributed by atoms with Gasteiger partial charge in [0.1, 0.15) is 5.78 Å². The second kappa shape index (κ2) is 14.6. The summed E-state index contributed by atoms with van der Waals surface area (Å²) in [6.07, 6.45) is 13.1. The van der Waals surface area contributed by atoms with Crippen molar-refractivity contribution in [1.29, 1.82) is 0 Å². The summed E-state index contributed by atoms with van der Waals surface area (Å²) in [6.45, 7) is 5.99. The van der Waals surface area contributed by atoms with Crippen LogP contribution in [-0.2, 0) is 11.2 Å². The average molecular weight is 542 g/mol. The van der Waals surface area contributed by atoms with Gasteiger partial charge in [-0.05, 0) is 99.3 Å². The van der Waals surface area contributed by atoms with E-state index in [0.717, 1.165) is 56.7 Å². The van der Waals surface area contributed by atoms with Crippen molar-refractivity contribution in [2.75, 3.05) is 31.9 Å². The summed E-state index contributed by atoms with van der Waals surface area (Å²) in [5.74, 6) is 4.14. The predicted molar refractivity (Wildman–Crippen MR) is 163 cm³/mol. The quantitative estimate of drug-likeness (QED) is 0.219. The molecule has 0 radical (unpaired) electrons. The highest BCUT2D eigenvalue weighted by molar-refractivity contribution is 6.45. The van der Waals surface area contributed by atoms with Gasteiger partial charge in [-0.15, -0.1) is 12.3 Å². The number of Topliss-reactive ketones (excluding diaryl/α,β-unsaturated/α-hetero) is 1. The Morgan fingerprint density at radius 1 is 1.02 bits per heavy atom. The maximum absolute atomic E-state index is 12.2. The maximum Gasteiger partial charge on any atom is 0.376 e. The van der Waals surface area contributed by atoms with Gasteiger partial charge in [0, 0.05) is 37.8 Å². The maximum atomic E-state index is 12.2. The first-order chi connectivity index (χ1) is 19.4. The first-order valence-corrected chi connectivity index (χ1v) is 14.8. The smallest absolute Gasteiger partial charge is 0.376 e. The van der Waals surface area contributed by atoms with Crippen LogP contribution in [0.1, 0.15) is 79.9 Å². The number of nitrogens with two attached hydrogens (primary N) is 1. The van der Waals surface area contributed by atoms with Gasteiger partial charge in [0.25, 0.3) is 0 Å². The molecule has 0 atom stereocenters. The third kappa shape index (κ3) is 9.02. The molecule has 3 aliphatic rings. The van der Waals surface area contributed by atoms with Gasteiger partial charge in [-0.2, -0.15) is 10.2 Å². The first kappa shape index (κ1) is 30.0. The summed E-state index contributed by atoms with van der Waals surface area (Å²) in [7, 11) is -0.313. The molecular weight excluding hydrogens is 497 g/mol. The fourth-order valence-electron chi connectivity index (χ4n) is 5.76. The number of hydrogen-bond donors (Lipinski definition) is 3. The van der Waals surface area contributed by atoms with Crippen molar-refractivity contribution in [2.24, 2.45) is 10.2 Å². The molecule has 3 aliphatic heterocycles. The lowest BCUT2D eigenvalue weighted by Crippen LogP contribution is -2.42. The molecule has 0 amide bonds. The zero-order valence-electron chi connectivity index (χ0n) is 23.9.